The van der Waals surface area contributed by atoms with Crippen molar-refractivity contribution in [3.05, 3.63) is 58.7 Å². The quantitative estimate of drug-likeness (QED) is 0.557. The van der Waals surface area contributed by atoms with E-state index in [1.54, 1.807) is 23.5 Å². The van der Waals surface area contributed by atoms with E-state index in [1.807, 2.05) is 18.3 Å². The zero-order valence-electron chi connectivity index (χ0n) is 14.1. The van der Waals surface area contributed by atoms with Crippen LogP contribution in [-0.4, -0.2) is 16.2 Å². The first-order valence-electron chi connectivity index (χ1n) is 8.30. The SMILES string of the molecule is CC1(c2cc(-c3csc(-c4ccc(NC(=O)O)cc4Cl)c3)ccn2)CC1. The third-order valence-corrected chi connectivity index (χ3v) is 6.07. The van der Waals surface area contributed by atoms with Crippen molar-refractivity contribution < 1.29 is 9.90 Å². The Morgan fingerprint density at radius 1 is 1.23 bits per heavy atom. The van der Waals surface area contributed by atoms with Gasteiger partial charge in [0.15, 0.2) is 0 Å². The van der Waals surface area contributed by atoms with Crippen molar-refractivity contribution in [1.82, 2.24) is 4.98 Å². The molecule has 0 radical (unpaired) electrons. The fraction of sp³-hybridized carbons (Fsp3) is 0.200. The lowest BCUT2D eigenvalue weighted by Gasteiger charge is -2.08. The molecular formula is C20H17ClN2O2S. The van der Waals surface area contributed by atoms with Gasteiger partial charge < -0.3 is 5.11 Å². The van der Waals surface area contributed by atoms with Gasteiger partial charge in [-0.2, -0.15) is 0 Å². The summed E-state index contributed by atoms with van der Waals surface area (Å²) in [5.74, 6) is 0. The molecule has 1 aromatic carbocycles. The molecule has 2 heterocycles. The van der Waals surface area contributed by atoms with Gasteiger partial charge in [-0.05, 0) is 65.7 Å². The molecular weight excluding hydrogens is 368 g/mol. The number of nitrogens with one attached hydrogen (secondary N) is 1. The molecule has 6 heteroatoms. The van der Waals surface area contributed by atoms with Crippen molar-refractivity contribution in [2.24, 2.45) is 0 Å². The topological polar surface area (TPSA) is 62.2 Å². The number of anilines is 1. The Hall–Kier alpha value is -2.37. The third-order valence-electron chi connectivity index (χ3n) is 4.80. The van der Waals surface area contributed by atoms with Crippen molar-refractivity contribution in [2.75, 3.05) is 5.32 Å². The van der Waals surface area contributed by atoms with E-state index in [9.17, 15) is 4.79 Å². The summed E-state index contributed by atoms with van der Waals surface area (Å²) in [5.41, 5.74) is 5.05. The molecule has 1 saturated carbocycles. The van der Waals surface area contributed by atoms with Crippen LogP contribution < -0.4 is 5.32 Å². The highest BCUT2D eigenvalue weighted by Crippen LogP contribution is 2.47. The van der Waals surface area contributed by atoms with Crippen LogP contribution in [0.5, 0.6) is 0 Å². The Bertz CT molecular complexity index is 995. The van der Waals surface area contributed by atoms with Crippen molar-refractivity contribution in [3.8, 4) is 21.6 Å². The second kappa shape index (κ2) is 6.41. The van der Waals surface area contributed by atoms with Crippen molar-refractivity contribution in [3.63, 3.8) is 0 Å². The van der Waals surface area contributed by atoms with Gasteiger partial charge in [0, 0.05) is 33.4 Å². The van der Waals surface area contributed by atoms with E-state index >= 15 is 0 Å². The van der Waals surface area contributed by atoms with E-state index in [4.69, 9.17) is 16.7 Å². The van der Waals surface area contributed by atoms with E-state index in [1.165, 1.54) is 12.8 Å². The van der Waals surface area contributed by atoms with Crippen LogP contribution in [0.3, 0.4) is 0 Å². The zero-order chi connectivity index (χ0) is 18.3. The third kappa shape index (κ3) is 3.32. The van der Waals surface area contributed by atoms with E-state index in [2.05, 4.69) is 34.7 Å². The molecule has 0 bridgehead atoms. The lowest BCUT2D eigenvalue weighted by atomic mass is 10.0. The van der Waals surface area contributed by atoms with Crippen LogP contribution in [0, 0.1) is 0 Å². The van der Waals surface area contributed by atoms with Gasteiger partial charge in [-0.15, -0.1) is 11.3 Å². The maximum atomic E-state index is 10.7. The Balaban J connectivity index is 1.63. The summed E-state index contributed by atoms with van der Waals surface area (Å²) in [7, 11) is 0. The molecule has 26 heavy (non-hydrogen) atoms. The molecule has 1 amide bonds. The minimum Gasteiger partial charge on any atom is -0.465 e. The number of carbonyl (C=O) groups is 1. The minimum atomic E-state index is -1.11. The van der Waals surface area contributed by atoms with Crippen LogP contribution in [0.15, 0.2) is 48.0 Å². The van der Waals surface area contributed by atoms with Crippen LogP contribution >= 0.6 is 22.9 Å². The van der Waals surface area contributed by atoms with Gasteiger partial charge in [0.1, 0.15) is 0 Å². The molecule has 1 aliphatic rings. The van der Waals surface area contributed by atoms with Gasteiger partial charge in [0.25, 0.3) is 0 Å². The predicted molar refractivity (Wildman–Crippen MR) is 106 cm³/mol. The molecule has 2 N–H and O–H groups in total. The second-order valence-corrected chi connectivity index (χ2v) is 8.13. The van der Waals surface area contributed by atoms with Crippen LogP contribution in [-0.2, 0) is 5.41 Å². The normalized spacial score (nSPS) is 14.8. The average molecular weight is 385 g/mol. The number of hydrogen-bond donors (Lipinski definition) is 2. The molecule has 3 aromatic rings. The molecule has 0 aliphatic heterocycles. The molecule has 1 aliphatic carbocycles. The maximum absolute atomic E-state index is 10.7. The highest BCUT2D eigenvalue weighted by molar-refractivity contribution is 7.14. The van der Waals surface area contributed by atoms with Crippen LogP contribution in [0.4, 0.5) is 10.5 Å². The summed E-state index contributed by atoms with van der Waals surface area (Å²) in [5, 5.41) is 13.7. The Kier molecular flexibility index (Phi) is 4.21. The molecule has 2 aromatic heterocycles. The average Bonchev–Trinajstić information content (AvgIpc) is 3.18. The summed E-state index contributed by atoms with van der Waals surface area (Å²) in [4.78, 5) is 16.3. The van der Waals surface area contributed by atoms with Gasteiger partial charge in [0.2, 0.25) is 0 Å². The molecule has 1 fully saturated rings. The number of thiophene rings is 1. The van der Waals surface area contributed by atoms with E-state index in [-0.39, 0.29) is 5.41 Å². The Morgan fingerprint density at radius 2 is 2.04 bits per heavy atom. The molecule has 0 spiro atoms. The maximum Gasteiger partial charge on any atom is 0.409 e. The number of amides is 1. The zero-order valence-corrected chi connectivity index (χ0v) is 15.7. The lowest BCUT2D eigenvalue weighted by Crippen LogP contribution is -2.06. The molecule has 4 nitrogen and oxygen atoms in total. The lowest BCUT2D eigenvalue weighted by molar-refractivity contribution is 0.210. The smallest absolute Gasteiger partial charge is 0.409 e. The van der Waals surface area contributed by atoms with Crippen LogP contribution in [0.25, 0.3) is 21.6 Å². The van der Waals surface area contributed by atoms with E-state index < -0.39 is 6.09 Å². The Labute approximate surface area is 160 Å². The van der Waals surface area contributed by atoms with Crippen LogP contribution in [0.2, 0.25) is 5.02 Å². The van der Waals surface area contributed by atoms with Gasteiger partial charge in [-0.25, -0.2) is 4.79 Å². The Morgan fingerprint density at radius 3 is 2.73 bits per heavy atom. The predicted octanol–water partition coefficient (Wildman–Crippen LogP) is 6.27. The summed E-state index contributed by atoms with van der Waals surface area (Å²) in [6, 6.07) is 11.5. The molecule has 0 atom stereocenters. The monoisotopic (exact) mass is 384 g/mol. The first kappa shape index (κ1) is 17.1. The number of benzene rings is 1. The highest BCUT2D eigenvalue weighted by Gasteiger charge is 2.40. The summed E-state index contributed by atoms with van der Waals surface area (Å²) < 4.78 is 0. The fourth-order valence-electron chi connectivity index (χ4n) is 2.93. The highest BCUT2D eigenvalue weighted by atomic mass is 35.5. The van der Waals surface area contributed by atoms with Crippen molar-refractivity contribution in [2.45, 2.75) is 25.2 Å². The van der Waals surface area contributed by atoms with Gasteiger partial charge in [-0.3, -0.25) is 10.3 Å². The van der Waals surface area contributed by atoms with Crippen molar-refractivity contribution >= 4 is 34.7 Å². The number of nitrogens with zero attached hydrogens (tertiary/aromatic N) is 1. The van der Waals surface area contributed by atoms with Gasteiger partial charge in [0.05, 0.1) is 5.02 Å². The fourth-order valence-corrected chi connectivity index (χ4v) is 4.23. The number of hydrogen-bond acceptors (Lipinski definition) is 3. The van der Waals surface area contributed by atoms with Gasteiger partial charge >= 0.3 is 6.09 Å². The summed E-state index contributed by atoms with van der Waals surface area (Å²) >= 11 is 7.98. The molecule has 0 unspecified atom stereocenters. The minimum absolute atomic E-state index is 0.241. The van der Waals surface area contributed by atoms with Gasteiger partial charge in [-0.1, -0.05) is 18.5 Å². The standard InChI is InChI=1S/C20H17ClN2O2S/c1-20(5-6-20)18-9-12(4-7-22-18)13-8-17(26-11-13)15-3-2-14(10-16(15)21)23-19(24)25/h2-4,7-11,23H,5-6H2,1H3,(H,24,25). The second-order valence-electron chi connectivity index (χ2n) is 6.81. The number of halogens is 1. The van der Waals surface area contributed by atoms with Crippen molar-refractivity contribution in [1.29, 1.82) is 0 Å². The largest absolute Gasteiger partial charge is 0.465 e. The summed E-state index contributed by atoms with van der Waals surface area (Å²) in [6.45, 7) is 2.25. The number of rotatable bonds is 4. The molecule has 4 rings (SSSR count). The number of aromatic nitrogens is 1. The first-order chi connectivity index (χ1) is 12.4. The van der Waals surface area contributed by atoms with E-state index in [0.29, 0.717) is 10.7 Å². The molecule has 0 saturated heterocycles. The van der Waals surface area contributed by atoms with Crippen LogP contribution in [0.1, 0.15) is 25.5 Å². The number of carboxylic acid groups (broad SMARTS) is 1. The first-order valence-corrected chi connectivity index (χ1v) is 9.56. The summed E-state index contributed by atoms with van der Waals surface area (Å²) in [6.07, 6.45) is 3.17. The number of pyridine rings is 1. The van der Waals surface area contributed by atoms with E-state index in [0.717, 1.165) is 27.3 Å². The molecule has 132 valence electrons.